The molecule has 0 heterocycles. The standard InChI is InChI=1S/C23H19NO.Ir/c1-16(24-20-10-12-21(25-2)13-11-20)18-9-14-23-19(15-18)8-7-17-5-3-4-6-22(17)23;/h3-15H,1-2H3;/b24-16+;. The summed E-state index contributed by atoms with van der Waals surface area (Å²) in [5.41, 5.74) is 3.07. The number of benzene rings is 4. The second-order valence-electron chi connectivity index (χ2n) is 6.12. The first-order valence-corrected chi connectivity index (χ1v) is 8.36. The van der Waals surface area contributed by atoms with Crippen molar-refractivity contribution in [1.82, 2.24) is 0 Å². The molecule has 0 saturated carbocycles. The van der Waals surface area contributed by atoms with Gasteiger partial charge in [-0.1, -0.05) is 48.5 Å². The summed E-state index contributed by atoms with van der Waals surface area (Å²) in [5, 5.41) is 5.07. The number of hydrogen-bond acceptors (Lipinski definition) is 2. The van der Waals surface area contributed by atoms with Crippen LogP contribution in [0.15, 0.2) is 83.9 Å². The molecule has 131 valence electrons. The van der Waals surface area contributed by atoms with Gasteiger partial charge in [0, 0.05) is 25.8 Å². The molecule has 4 rings (SSSR count). The minimum Gasteiger partial charge on any atom is -0.497 e. The monoisotopic (exact) mass is 518 g/mol. The minimum absolute atomic E-state index is 0. The van der Waals surface area contributed by atoms with Crippen molar-refractivity contribution in [1.29, 1.82) is 0 Å². The number of nitrogens with zero attached hydrogens (tertiary/aromatic N) is 1. The fourth-order valence-electron chi connectivity index (χ4n) is 3.15. The molecule has 4 aromatic rings. The summed E-state index contributed by atoms with van der Waals surface area (Å²) < 4.78 is 5.19. The molecule has 0 aliphatic heterocycles. The molecule has 0 unspecified atom stereocenters. The van der Waals surface area contributed by atoms with E-state index >= 15 is 0 Å². The summed E-state index contributed by atoms with van der Waals surface area (Å²) in [6.45, 7) is 2.05. The Morgan fingerprint density at radius 2 is 1.46 bits per heavy atom. The molecule has 0 amide bonds. The van der Waals surface area contributed by atoms with Crippen molar-refractivity contribution in [3.8, 4) is 5.75 Å². The third-order valence-electron chi connectivity index (χ3n) is 4.53. The number of aliphatic imine (C=N–C) groups is 1. The van der Waals surface area contributed by atoms with Crippen LogP contribution in [0.5, 0.6) is 5.75 Å². The van der Waals surface area contributed by atoms with E-state index in [0.717, 1.165) is 22.7 Å². The van der Waals surface area contributed by atoms with Crippen molar-refractivity contribution in [2.75, 3.05) is 7.11 Å². The molecule has 1 radical (unpaired) electrons. The molecule has 0 spiro atoms. The van der Waals surface area contributed by atoms with Gasteiger partial charge in [0.15, 0.2) is 0 Å². The SMILES string of the molecule is COc1ccc(/N=C(\C)c2ccc3c(ccc4ccccc43)c2)cc1.[Ir]. The third-order valence-corrected chi connectivity index (χ3v) is 4.53. The summed E-state index contributed by atoms with van der Waals surface area (Å²) in [6.07, 6.45) is 0. The van der Waals surface area contributed by atoms with E-state index in [9.17, 15) is 0 Å². The Kier molecular flexibility index (Phi) is 5.51. The quantitative estimate of drug-likeness (QED) is 0.236. The Bertz CT molecular complexity index is 1080. The molecule has 0 aromatic heterocycles. The van der Waals surface area contributed by atoms with Gasteiger partial charge in [-0.25, -0.2) is 0 Å². The molecule has 0 atom stereocenters. The molecular formula is C23H19IrNO. The summed E-state index contributed by atoms with van der Waals surface area (Å²) >= 11 is 0. The summed E-state index contributed by atoms with van der Waals surface area (Å²) in [5.74, 6) is 0.842. The maximum atomic E-state index is 5.19. The van der Waals surface area contributed by atoms with Crippen LogP contribution in [0.2, 0.25) is 0 Å². The molecule has 0 fully saturated rings. The summed E-state index contributed by atoms with van der Waals surface area (Å²) in [6, 6.07) is 27.2. The van der Waals surface area contributed by atoms with E-state index in [0.29, 0.717) is 0 Å². The topological polar surface area (TPSA) is 21.6 Å². The maximum absolute atomic E-state index is 5.19. The van der Waals surface area contributed by atoms with E-state index in [1.807, 2.05) is 31.2 Å². The maximum Gasteiger partial charge on any atom is 0.119 e. The first kappa shape index (κ1) is 18.3. The normalized spacial score (nSPS) is 11.4. The molecule has 0 aliphatic rings. The molecule has 4 aromatic carbocycles. The average Bonchev–Trinajstić information content (AvgIpc) is 2.68. The number of rotatable bonds is 3. The summed E-state index contributed by atoms with van der Waals surface area (Å²) in [7, 11) is 1.67. The Morgan fingerprint density at radius 3 is 2.23 bits per heavy atom. The molecule has 0 aliphatic carbocycles. The van der Waals surface area contributed by atoms with Gasteiger partial charge in [0.05, 0.1) is 12.8 Å². The van der Waals surface area contributed by atoms with Gasteiger partial charge in [-0.15, -0.1) is 0 Å². The van der Waals surface area contributed by atoms with E-state index < -0.39 is 0 Å². The van der Waals surface area contributed by atoms with Crippen LogP contribution in [0.1, 0.15) is 12.5 Å². The minimum atomic E-state index is 0. The predicted octanol–water partition coefficient (Wildman–Crippen LogP) is 6.14. The zero-order valence-corrected chi connectivity index (χ0v) is 17.1. The smallest absolute Gasteiger partial charge is 0.119 e. The zero-order valence-electron chi connectivity index (χ0n) is 14.7. The van der Waals surface area contributed by atoms with Crippen molar-refractivity contribution >= 4 is 32.9 Å². The van der Waals surface area contributed by atoms with Crippen molar-refractivity contribution in [2.24, 2.45) is 4.99 Å². The van der Waals surface area contributed by atoms with Gasteiger partial charge in [-0.2, -0.15) is 0 Å². The molecule has 0 N–H and O–H groups in total. The molecule has 0 saturated heterocycles. The molecule has 26 heavy (non-hydrogen) atoms. The van der Waals surface area contributed by atoms with Crippen LogP contribution >= 0.6 is 0 Å². The van der Waals surface area contributed by atoms with Crippen molar-refractivity contribution in [2.45, 2.75) is 6.92 Å². The van der Waals surface area contributed by atoms with Gasteiger partial charge in [0.25, 0.3) is 0 Å². The van der Waals surface area contributed by atoms with Crippen LogP contribution in [0.4, 0.5) is 5.69 Å². The number of fused-ring (bicyclic) bond motifs is 3. The fraction of sp³-hybridized carbons (Fsp3) is 0.0870. The van der Waals surface area contributed by atoms with Gasteiger partial charge in [0.1, 0.15) is 5.75 Å². The van der Waals surface area contributed by atoms with E-state index in [1.54, 1.807) is 7.11 Å². The van der Waals surface area contributed by atoms with Crippen molar-refractivity contribution in [3.63, 3.8) is 0 Å². The third kappa shape index (κ3) is 3.55. The predicted molar refractivity (Wildman–Crippen MR) is 106 cm³/mol. The van der Waals surface area contributed by atoms with Gasteiger partial charge in [-0.05, 0) is 64.4 Å². The second kappa shape index (κ2) is 7.82. The first-order valence-electron chi connectivity index (χ1n) is 8.36. The number of methoxy groups -OCH3 is 1. The Labute approximate surface area is 166 Å². The van der Waals surface area contributed by atoms with Crippen LogP contribution in [0.3, 0.4) is 0 Å². The zero-order chi connectivity index (χ0) is 17.2. The van der Waals surface area contributed by atoms with Gasteiger partial charge in [0.2, 0.25) is 0 Å². The van der Waals surface area contributed by atoms with Crippen LogP contribution in [0, 0.1) is 0 Å². The summed E-state index contributed by atoms with van der Waals surface area (Å²) in [4.78, 5) is 4.73. The van der Waals surface area contributed by atoms with Gasteiger partial charge < -0.3 is 4.74 Å². The van der Waals surface area contributed by atoms with Crippen molar-refractivity contribution < 1.29 is 24.8 Å². The van der Waals surface area contributed by atoms with Gasteiger partial charge >= 0.3 is 0 Å². The molecule has 2 nitrogen and oxygen atoms in total. The number of ether oxygens (including phenoxy) is 1. The average molecular weight is 518 g/mol. The van der Waals surface area contributed by atoms with E-state index in [4.69, 9.17) is 9.73 Å². The fourth-order valence-corrected chi connectivity index (χ4v) is 3.15. The largest absolute Gasteiger partial charge is 0.497 e. The van der Waals surface area contributed by atoms with Crippen LogP contribution in [-0.4, -0.2) is 12.8 Å². The Hall–Kier alpha value is -2.48. The molecule has 3 heteroatoms. The molecular weight excluding hydrogens is 498 g/mol. The number of hydrogen-bond donors (Lipinski definition) is 0. The van der Waals surface area contributed by atoms with Crippen LogP contribution in [0.25, 0.3) is 21.5 Å². The molecule has 0 bridgehead atoms. The second-order valence-corrected chi connectivity index (χ2v) is 6.12. The van der Waals surface area contributed by atoms with Gasteiger partial charge in [-0.3, -0.25) is 4.99 Å². The van der Waals surface area contributed by atoms with Crippen molar-refractivity contribution in [3.05, 3.63) is 84.4 Å². The van der Waals surface area contributed by atoms with E-state index in [-0.39, 0.29) is 20.1 Å². The van der Waals surface area contributed by atoms with Crippen LogP contribution in [-0.2, 0) is 20.1 Å². The van der Waals surface area contributed by atoms with E-state index in [1.165, 1.54) is 21.5 Å². The Balaban J connectivity index is 0.00000196. The first-order chi connectivity index (χ1) is 12.2. The Morgan fingerprint density at radius 1 is 0.769 bits per heavy atom. The van der Waals surface area contributed by atoms with E-state index in [2.05, 4.69) is 54.6 Å². The van der Waals surface area contributed by atoms with Crippen LogP contribution < -0.4 is 4.74 Å².